The van der Waals surface area contributed by atoms with Crippen LogP contribution in [0, 0.1) is 13.8 Å². The third kappa shape index (κ3) is 4.56. The van der Waals surface area contributed by atoms with E-state index in [4.69, 9.17) is 17.0 Å². The number of nitrogens with one attached hydrogen (secondary N) is 2. The Morgan fingerprint density at radius 3 is 2.53 bits per heavy atom. The summed E-state index contributed by atoms with van der Waals surface area (Å²) in [7, 11) is 1.50. The van der Waals surface area contributed by atoms with Crippen LogP contribution in [0.25, 0.3) is 0 Å². The van der Waals surface area contributed by atoms with Crippen molar-refractivity contribution in [3.05, 3.63) is 77.4 Å². The van der Waals surface area contributed by atoms with Crippen LogP contribution in [0.1, 0.15) is 54.6 Å². The fraction of sp³-hybridized carbons (Fsp3) is 0.346. The molecule has 0 aliphatic carbocycles. The van der Waals surface area contributed by atoms with E-state index in [1.807, 2.05) is 48.7 Å². The standard InChI is InChI=1S/C26H31N5O2S/c1-16(2)30-17(3)14-21(18(30)4)25-24(22-8-6-7-13-27-22)29-26(34)31(25)20-11-9-19(10-12-20)28-23(32)15-33-5/h6-14,16,24-25H,15H2,1-5H3,(H,28,32)(H,29,34)/t24-,25-/m1/s1. The lowest BCUT2D eigenvalue weighted by Gasteiger charge is -2.28. The Labute approximate surface area is 206 Å². The molecule has 3 heterocycles. The number of amides is 1. The van der Waals surface area contributed by atoms with Crippen LogP contribution < -0.4 is 15.5 Å². The summed E-state index contributed by atoms with van der Waals surface area (Å²) in [5, 5.41) is 7.00. The van der Waals surface area contributed by atoms with Gasteiger partial charge in [0.15, 0.2) is 5.11 Å². The number of aromatic nitrogens is 2. The molecule has 2 atom stereocenters. The van der Waals surface area contributed by atoms with Gasteiger partial charge in [0.05, 0.1) is 17.8 Å². The van der Waals surface area contributed by atoms with Gasteiger partial charge < -0.3 is 24.8 Å². The lowest BCUT2D eigenvalue weighted by Crippen LogP contribution is -2.29. The van der Waals surface area contributed by atoms with Crippen molar-refractivity contribution in [3.63, 3.8) is 0 Å². The molecule has 0 bridgehead atoms. The Kier molecular flexibility index (Phi) is 7.00. The smallest absolute Gasteiger partial charge is 0.250 e. The number of hydrogen-bond donors (Lipinski definition) is 2. The normalized spacial score (nSPS) is 17.8. The minimum Gasteiger partial charge on any atom is -0.375 e. The number of carbonyl (C=O) groups excluding carboxylic acids is 1. The molecule has 1 aliphatic rings. The zero-order chi connectivity index (χ0) is 24.4. The maximum atomic E-state index is 11.9. The number of nitrogens with zero attached hydrogens (tertiary/aromatic N) is 3. The molecule has 0 spiro atoms. The largest absolute Gasteiger partial charge is 0.375 e. The number of anilines is 2. The van der Waals surface area contributed by atoms with Crippen LogP contribution in [-0.2, 0) is 9.53 Å². The third-order valence-electron chi connectivity index (χ3n) is 6.16. The Balaban J connectivity index is 1.76. The second-order valence-corrected chi connectivity index (χ2v) is 9.20. The maximum Gasteiger partial charge on any atom is 0.250 e. The van der Waals surface area contributed by atoms with E-state index >= 15 is 0 Å². The van der Waals surface area contributed by atoms with Crippen LogP contribution in [0.2, 0.25) is 0 Å². The predicted molar refractivity (Wildman–Crippen MR) is 139 cm³/mol. The highest BCUT2D eigenvalue weighted by Crippen LogP contribution is 2.43. The van der Waals surface area contributed by atoms with Crippen LogP contribution in [0.15, 0.2) is 54.7 Å². The molecule has 1 aliphatic heterocycles. The van der Waals surface area contributed by atoms with Gasteiger partial charge in [-0.05, 0) is 87.9 Å². The Hall–Kier alpha value is -3.23. The van der Waals surface area contributed by atoms with Crippen molar-refractivity contribution >= 4 is 34.6 Å². The van der Waals surface area contributed by atoms with Gasteiger partial charge in [-0.3, -0.25) is 9.78 Å². The molecule has 178 valence electrons. The molecule has 1 amide bonds. The number of rotatable bonds is 7. The highest BCUT2D eigenvalue weighted by atomic mass is 32.1. The number of carbonyl (C=O) groups is 1. The van der Waals surface area contributed by atoms with Crippen molar-refractivity contribution in [1.29, 1.82) is 0 Å². The Morgan fingerprint density at radius 1 is 1.21 bits per heavy atom. The van der Waals surface area contributed by atoms with Crippen LogP contribution in [-0.4, -0.2) is 34.3 Å². The second kappa shape index (κ2) is 9.95. The number of ether oxygens (including phenoxy) is 1. The number of pyridine rings is 1. The molecule has 1 saturated heterocycles. The maximum absolute atomic E-state index is 11.9. The van der Waals surface area contributed by atoms with E-state index in [-0.39, 0.29) is 24.6 Å². The van der Waals surface area contributed by atoms with E-state index in [0.29, 0.717) is 16.8 Å². The van der Waals surface area contributed by atoms with Gasteiger partial charge in [-0.15, -0.1) is 0 Å². The number of methoxy groups -OCH3 is 1. The van der Waals surface area contributed by atoms with Gasteiger partial charge in [-0.1, -0.05) is 6.07 Å². The Morgan fingerprint density at radius 2 is 1.94 bits per heavy atom. The summed E-state index contributed by atoms with van der Waals surface area (Å²) in [6, 6.07) is 16.1. The second-order valence-electron chi connectivity index (χ2n) is 8.81. The molecule has 0 unspecified atom stereocenters. The number of aryl methyl sites for hydroxylation is 1. The molecule has 0 saturated carbocycles. The van der Waals surface area contributed by atoms with Crippen molar-refractivity contribution in [2.45, 2.75) is 45.8 Å². The molecule has 1 aromatic carbocycles. The molecule has 3 aromatic rings. The van der Waals surface area contributed by atoms with E-state index in [1.54, 1.807) is 0 Å². The summed E-state index contributed by atoms with van der Waals surface area (Å²) >= 11 is 5.84. The monoisotopic (exact) mass is 477 g/mol. The first kappa shape index (κ1) is 23.9. The summed E-state index contributed by atoms with van der Waals surface area (Å²) in [5.41, 5.74) is 6.25. The number of benzene rings is 1. The average molecular weight is 478 g/mol. The van der Waals surface area contributed by atoms with Gasteiger partial charge in [-0.2, -0.15) is 0 Å². The van der Waals surface area contributed by atoms with E-state index < -0.39 is 0 Å². The molecule has 34 heavy (non-hydrogen) atoms. The van der Waals surface area contributed by atoms with E-state index in [2.05, 4.69) is 58.8 Å². The summed E-state index contributed by atoms with van der Waals surface area (Å²) in [6.45, 7) is 8.74. The minimum absolute atomic E-state index is 0.0151. The summed E-state index contributed by atoms with van der Waals surface area (Å²) in [6.07, 6.45) is 1.81. The van der Waals surface area contributed by atoms with Crippen LogP contribution in [0.5, 0.6) is 0 Å². The molecular weight excluding hydrogens is 446 g/mol. The molecule has 2 N–H and O–H groups in total. The first-order chi connectivity index (χ1) is 16.3. The van der Waals surface area contributed by atoms with Gasteiger partial charge in [0.1, 0.15) is 6.61 Å². The van der Waals surface area contributed by atoms with Crippen LogP contribution >= 0.6 is 12.2 Å². The number of hydrogen-bond acceptors (Lipinski definition) is 4. The zero-order valence-corrected chi connectivity index (χ0v) is 21.0. The lowest BCUT2D eigenvalue weighted by molar-refractivity contribution is -0.119. The summed E-state index contributed by atoms with van der Waals surface area (Å²) in [4.78, 5) is 18.7. The third-order valence-corrected chi connectivity index (χ3v) is 6.48. The summed E-state index contributed by atoms with van der Waals surface area (Å²) < 4.78 is 7.26. The SMILES string of the molecule is COCC(=O)Nc1ccc(N2C(=S)N[C@H](c3ccccn3)[C@H]2c2cc(C)n(C(C)C)c2C)cc1. The van der Waals surface area contributed by atoms with Crippen molar-refractivity contribution < 1.29 is 9.53 Å². The molecule has 4 rings (SSSR count). The van der Waals surface area contributed by atoms with E-state index in [9.17, 15) is 4.79 Å². The fourth-order valence-corrected chi connectivity index (χ4v) is 5.23. The first-order valence-electron chi connectivity index (χ1n) is 11.4. The van der Waals surface area contributed by atoms with Gasteiger partial charge in [0.2, 0.25) is 5.91 Å². The van der Waals surface area contributed by atoms with Gasteiger partial charge in [0, 0.05) is 42.1 Å². The zero-order valence-electron chi connectivity index (χ0n) is 20.2. The quantitative estimate of drug-likeness (QED) is 0.475. The molecule has 0 radical (unpaired) electrons. The molecule has 7 nitrogen and oxygen atoms in total. The fourth-order valence-electron chi connectivity index (χ4n) is 4.88. The van der Waals surface area contributed by atoms with Gasteiger partial charge in [-0.25, -0.2) is 0 Å². The van der Waals surface area contributed by atoms with Crippen LogP contribution in [0.3, 0.4) is 0 Å². The molecule has 1 fully saturated rings. The molecule has 8 heteroatoms. The summed E-state index contributed by atoms with van der Waals surface area (Å²) in [5.74, 6) is -0.192. The van der Waals surface area contributed by atoms with Crippen molar-refractivity contribution in [1.82, 2.24) is 14.9 Å². The van der Waals surface area contributed by atoms with Crippen molar-refractivity contribution in [2.24, 2.45) is 0 Å². The van der Waals surface area contributed by atoms with Gasteiger partial charge in [0.25, 0.3) is 0 Å². The minimum atomic E-state index is -0.192. The number of thiocarbonyl (C=S) groups is 1. The lowest BCUT2D eigenvalue weighted by atomic mass is 9.96. The highest BCUT2D eigenvalue weighted by Gasteiger charge is 2.42. The van der Waals surface area contributed by atoms with E-state index in [1.165, 1.54) is 24.1 Å². The molecule has 2 aromatic heterocycles. The molecular formula is C26H31N5O2S. The van der Waals surface area contributed by atoms with Crippen molar-refractivity contribution in [2.75, 3.05) is 23.9 Å². The predicted octanol–water partition coefficient (Wildman–Crippen LogP) is 4.84. The van der Waals surface area contributed by atoms with E-state index in [0.717, 1.165) is 11.4 Å². The van der Waals surface area contributed by atoms with Crippen molar-refractivity contribution in [3.8, 4) is 0 Å². The van der Waals surface area contributed by atoms with Gasteiger partial charge >= 0.3 is 0 Å². The average Bonchev–Trinajstić information content (AvgIpc) is 3.30. The van der Waals surface area contributed by atoms with Crippen LogP contribution in [0.4, 0.5) is 11.4 Å². The first-order valence-corrected chi connectivity index (χ1v) is 11.8. The topological polar surface area (TPSA) is 71.4 Å². The Bertz CT molecular complexity index is 1170. The highest BCUT2D eigenvalue weighted by molar-refractivity contribution is 7.80.